The molecule has 1 atom stereocenters. The van der Waals surface area contributed by atoms with E-state index < -0.39 is 0 Å². The van der Waals surface area contributed by atoms with Crippen LogP contribution in [0.4, 0.5) is 5.00 Å². The molecule has 1 aromatic heterocycles. The summed E-state index contributed by atoms with van der Waals surface area (Å²) >= 11 is 1.38. The van der Waals surface area contributed by atoms with E-state index in [0.29, 0.717) is 6.54 Å². The summed E-state index contributed by atoms with van der Waals surface area (Å²) in [6.07, 6.45) is 3.18. The van der Waals surface area contributed by atoms with Crippen LogP contribution >= 0.6 is 11.5 Å². The molecule has 0 aliphatic carbocycles. The van der Waals surface area contributed by atoms with E-state index in [1.807, 2.05) is 0 Å². The summed E-state index contributed by atoms with van der Waals surface area (Å²) in [6, 6.07) is -0.0325. The van der Waals surface area contributed by atoms with Crippen molar-refractivity contribution in [3.8, 4) is 0 Å². The molecule has 2 heterocycles. The fourth-order valence-electron chi connectivity index (χ4n) is 2.44. The number of carbonyl (C=O) groups is 1. The van der Waals surface area contributed by atoms with Crippen LogP contribution < -0.4 is 10.6 Å². The van der Waals surface area contributed by atoms with E-state index in [4.69, 9.17) is 0 Å². The third-order valence-corrected chi connectivity index (χ3v) is 4.13. The molecule has 1 amide bonds. The first-order valence-electron chi connectivity index (χ1n) is 6.77. The van der Waals surface area contributed by atoms with Crippen molar-refractivity contribution in [2.24, 2.45) is 0 Å². The zero-order chi connectivity index (χ0) is 13.7. The number of aromatic nitrogens is 2. The van der Waals surface area contributed by atoms with E-state index in [1.165, 1.54) is 11.5 Å². The summed E-state index contributed by atoms with van der Waals surface area (Å²) in [5.41, 5.74) is 0.947. The minimum Gasteiger partial charge on any atom is -0.374 e. The lowest BCUT2D eigenvalue weighted by molar-refractivity contribution is -0.127. The first-order valence-corrected chi connectivity index (χ1v) is 7.54. The van der Waals surface area contributed by atoms with Crippen molar-refractivity contribution in [3.63, 3.8) is 0 Å². The average molecular weight is 283 g/mol. The summed E-state index contributed by atoms with van der Waals surface area (Å²) in [6.45, 7) is 4.55. The molecule has 0 aromatic carbocycles. The summed E-state index contributed by atoms with van der Waals surface area (Å²) in [4.78, 5) is 14.1. The number of nitrogens with one attached hydrogen (secondary N) is 2. The Balaban J connectivity index is 2.06. The summed E-state index contributed by atoms with van der Waals surface area (Å²) in [5.74, 6) is 0.105. The van der Waals surface area contributed by atoms with Crippen LogP contribution in [0.3, 0.4) is 0 Å². The number of hydrogen-bond donors (Lipinski definition) is 2. The number of anilines is 1. The van der Waals surface area contributed by atoms with Crippen molar-refractivity contribution in [1.29, 1.82) is 0 Å². The predicted octanol–water partition coefficient (Wildman–Crippen LogP) is 1.07. The Kier molecular flexibility index (Phi) is 5.09. The van der Waals surface area contributed by atoms with Crippen molar-refractivity contribution in [2.45, 2.75) is 38.8 Å². The van der Waals surface area contributed by atoms with Crippen LogP contribution in [0.5, 0.6) is 0 Å². The molecule has 1 saturated heterocycles. The molecular weight excluding hydrogens is 262 g/mol. The average Bonchev–Trinajstić information content (AvgIpc) is 2.86. The van der Waals surface area contributed by atoms with Crippen LogP contribution in [-0.2, 0) is 11.3 Å². The molecule has 1 aliphatic rings. The minimum absolute atomic E-state index is 0.0325. The normalized spacial score (nSPS) is 20.2. The Bertz CT molecular complexity index is 422. The number of nitrogens with zero attached hydrogens (tertiary/aromatic N) is 3. The fourth-order valence-corrected chi connectivity index (χ4v) is 3.08. The van der Waals surface area contributed by atoms with Gasteiger partial charge in [-0.25, -0.2) is 0 Å². The molecule has 7 heteroatoms. The van der Waals surface area contributed by atoms with Crippen molar-refractivity contribution in [1.82, 2.24) is 19.8 Å². The van der Waals surface area contributed by atoms with Crippen molar-refractivity contribution >= 4 is 22.4 Å². The Labute approximate surface area is 117 Å². The number of rotatable bonds is 5. The maximum atomic E-state index is 11.9. The molecule has 1 fully saturated rings. The molecule has 1 unspecified atom stereocenters. The number of hydrogen-bond acceptors (Lipinski definition) is 6. The molecule has 6 nitrogen and oxygen atoms in total. The largest absolute Gasteiger partial charge is 0.374 e. The highest BCUT2D eigenvalue weighted by atomic mass is 32.1. The van der Waals surface area contributed by atoms with Gasteiger partial charge in [0.15, 0.2) is 0 Å². The van der Waals surface area contributed by atoms with Gasteiger partial charge in [-0.15, -0.1) is 5.10 Å². The van der Waals surface area contributed by atoms with Gasteiger partial charge in [0.1, 0.15) is 10.7 Å². The number of likely N-dealkylation sites (tertiary alicyclic amines) is 1. The van der Waals surface area contributed by atoms with Gasteiger partial charge >= 0.3 is 0 Å². The predicted molar refractivity (Wildman–Crippen MR) is 76.2 cm³/mol. The molecule has 106 valence electrons. The van der Waals surface area contributed by atoms with Crippen LogP contribution in [0.25, 0.3) is 0 Å². The van der Waals surface area contributed by atoms with Crippen LogP contribution in [0.1, 0.15) is 31.9 Å². The molecule has 1 aliphatic heterocycles. The van der Waals surface area contributed by atoms with E-state index >= 15 is 0 Å². The number of carbonyl (C=O) groups excluding carboxylic acids is 1. The molecule has 0 spiro atoms. The second-order valence-corrected chi connectivity index (χ2v) is 5.43. The highest BCUT2D eigenvalue weighted by molar-refractivity contribution is 7.10. The SMILES string of the molecule is CCNc1snnc1CN1CCCCC1C(=O)NC. The smallest absolute Gasteiger partial charge is 0.237 e. The van der Waals surface area contributed by atoms with E-state index in [0.717, 1.165) is 43.0 Å². The lowest BCUT2D eigenvalue weighted by Crippen LogP contribution is -2.48. The topological polar surface area (TPSA) is 70.2 Å². The van der Waals surface area contributed by atoms with Gasteiger partial charge in [0.2, 0.25) is 5.91 Å². The highest BCUT2D eigenvalue weighted by Gasteiger charge is 2.29. The van der Waals surface area contributed by atoms with Crippen LogP contribution in [0.2, 0.25) is 0 Å². The monoisotopic (exact) mass is 283 g/mol. The Morgan fingerprint density at radius 1 is 1.53 bits per heavy atom. The van der Waals surface area contributed by atoms with Crippen molar-refractivity contribution in [3.05, 3.63) is 5.69 Å². The quantitative estimate of drug-likeness (QED) is 0.846. The van der Waals surface area contributed by atoms with Crippen LogP contribution in [0.15, 0.2) is 0 Å². The maximum Gasteiger partial charge on any atom is 0.237 e. The lowest BCUT2D eigenvalue weighted by Gasteiger charge is -2.33. The number of piperidine rings is 1. The number of likely N-dealkylation sites (N-methyl/N-ethyl adjacent to an activating group) is 1. The third kappa shape index (κ3) is 3.42. The molecule has 0 bridgehead atoms. The van der Waals surface area contributed by atoms with Gasteiger partial charge in [0, 0.05) is 31.7 Å². The van der Waals surface area contributed by atoms with Gasteiger partial charge in [0.25, 0.3) is 0 Å². The molecule has 1 aromatic rings. The third-order valence-electron chi connectivity index (χ3n) is 3.41. The second-order valence-electron chi connectivity index (χ2n) is 4.68. The van der Waals surface area contributed by atoms with Crippen molar-refractivity contribution in [2.75, 3.05) is 25.5 Å². The molecule has 0 radical (unpaired) electrons. The van der Waals surface area contributed by atoms with Gasteiger partial charge < -0.3 is 10.6 Å². The molecule has 19 heavy (non-hydrogen) atoms. The zero-order valence-corrected chi connectivity index (χ0v) is 12.3. The fraction of sp³-hybridized carbons (Fsp3) is 0.750. The maximum absolute atomic E-state index is 11.9. The van der Waals surface area contributed by atoms with E-state index in [2.05, 4.69) is 32.0 Å². The van der Waals surface area contributed by atoms with E-state index in [1.54, 1.807) is 7.05 Å². The molecular formula is C12H21N5OS. The Morgan fingerprint density at radius 2 is 2.37 bits per heavy atom. The highest BCUT2D eigenvalue weighted by Crippen LogP contribution is 2.24. The molecule has 0 saturated carbocycles. The van der Waals surface area contributed by atoms with Gasteiger partial charge in [-0.2, -0.15) is 0 Å². The van der Waals surface area contributed by atoms with E-state index in [-0.39, 0.29) is 11.9 Å². The Morgan fingerprint density at radius 3 is 3.11 bits per heavy atom. The summed E-state index contributed by atoms with van der Waals surface area (Å²) in [7, 11) is 1.70. The van der Waals surface area contributed by atoms with Crippen LogP contribution in [0, 0.1) is 0 Å². The van der Waals surface area contributed by atoms with Gasteiger partial charge in [-0.05, 0) is 26.3 Å². The Hall–Kier alpha value is -1.21. The van der Waals surface area contributed by atoms with Gasteiger partial charge in [0.05, 0.1) is 6.04 Å². The standard InChI is InChI=1S/C12H21N5OS/c1-3-14-12-9(15-16-19-12)8-17-7-5-4-6-10(17)11(18)13-2/h10,14H,3-8H2,1-2H3,(H,13,18). The zero-order valence-electron chi connectivity index (χ0n) is 11.5. The second kappa shape index (κ2) is 6.81. The van der Waals surface area contributed by atoms with Gasteiger partial charge in [-0.1, -0.05) is 10.9 Å². The molecule has 2 N–H and O–H groups in total. The van der Waals surface area contributed by atoms with Crippen molar-refractivity contribution < 1.29 is 4.79 Å². The number of amides is 1. The minimum atomic E-state index is -0.0325. The van der Waals surface area contributed by atoms with Gasteiger partial charge in [-0.3, -0.25) is 9.69 Å². The van der Waals surface area contributed by atoms with E-state index in [9.17, 15) is 4.79 Å². The molecule has 2 rings (SSSR count). The van der Waals surface area contributed by atoms with Crippen LogP contribution in [-0.4, -0.2) is 46.6 Å². The lowest BCUT2D eigenvalue weighted by atomic mass is 10.0. The first kappa shape index (κ1) is 14.2. The summed E-state index contributed by atoms with van der Waals surface area (Å²) < 4.78 is 4.00. The summed E-state index contributed by atoms with van der Waals surface area (Å²) in [5, 5.41) is 11.2. The first-order chi connectivity index (χ1) is 9.26.